The number of nitrogens with zero attached hydrogens (tertiary/aromatic N) is 1. The molecule has 1 aliphatic rings. The van der Waals surface area contributed by atoms with Crippen molar-refractivity contribution in [2.75, 3.05) is 41.0 Å². The number of amides is 3. The van der Waals surface area contributed by atoms with Crippen molar-refractivity contribution in [2.45, 2.75) is 23.3 Å². The number of ether oxygens (including phenoxy) is 1. The Hall–Kier alpha value is -3.12. The minimum absolute atomic E-state index is 0.0360. The van der Waals surface area contributed by atoms with Crippen LogP contribution in [0.1, 0.15) is 12.8 Å². The molecule has 3 N–H and O–H groups in total. The second-order valence-electron chi connectivity index (χ2n) is 9.04. The van der Waals surface area contributed by atoms with Gasteiger partial charge in [-0.15, -0.1) is 23.1 Å². The number of aromatic nitrogens is 1. The van der Waals surface area contributed by atoms with E-state index in [1.54, 1.807) is 6.07 Å². The number of thioether (sulfide) groups is 2. The third-order valence-electron chi connectivity index (χ3n) is 6.03. The molecule has 2 heterocycles. The van der Waals surface area contributed by atoms with E-state index in [4.69, 9.17) is 4.74 Å². The Morgan fingerprint density at radius 2 is 1.64 bits per heavy atom. The third kappa shape index (κ3) is 7.95. The van der Waals surface area contributed by atoms with Crippen molar-refractivity contribution in [3.05, 3.63) is 60.7 Å². The molecule has 0 spiro atoms. The molecule has 4 aromatic rings. The number of hydrogen-bond acceptors (Lipinski definition) is 8. The fourth-order valence-electron chi connectivity index (χ4n) is 4.15. The van der Waals surface area contributed by atoms with Crippen molar-refractivity contribution in [3.8, 4) is 0 Å². The van der Waals surface area contributed by atoms with Gasteiger partial charge in [-0.1, -0.05) is 42.1 Å². The normalized spacial score (nSPS) is 14.9. The first-order valence-electron chi connectivity index (χ1n) is 12.6. The smallest absolute Gasteiger partial charge is 0.234 e. The standard InChI is InChI=1S/C28H28N4O4S3/c33-25(29-14-22-6-3-11-36-22)17-38-28-32-23-10-9-21(13-24(23)39-28)31-27(35)16-37-15-26(34)30-20-8-7-18-4-1-2-5-19(18)12-20/h1-2,4-5,7-10,12-13,22H,3,6,11,14-17H2,(H,29,33)(H,30,34)(H,31,35)/t22-/m0/s1. The summed E-state index contributed by atoms with van der Waals surface area (Å²) >= 11 is 4.14. The molecular formula is C28H28N4O4S3. The number of anilines is 2. The molecule has 11 heteroatoms. The summed E-state index contributed by atoms with van der Waals surface area (Å²) < 4.78 is 7.26. The van der Waals surface area contributed by atoms with Crippen LogP contribution in [-0.4, -0.2) is 59.2 Å². The average molecular weight is 581 g/mol. The van der Waals surface area contributed by atoms with Crippen molar-refractivity contribution < 1.29 is 19.1 Å². The van der Waals surface area contributed by atoms with Crippen LogP contribution in [0.3, 0.4) is 0 Å². The minimum Gasteiger partial charge on any atom is -0.376 e. The predicted octanol–water partition coefficient (Wildman–Crippen LogP) is 5.15. The summed E-state index contributed by atoms with van der Waals surface area (Å²) in [6.07, 6.45) is 2.16. The Morgan fingerprint density at radius 3 is 2.41 bits per heavy atom. The molecule has 0 unspecified atom stereocenters. The summed E-state index contributed by atoms with van der Waals surface area (Å²) in [7, 11) is 0. The van der Waals surface area contributed by atoms with E-state index >= 15 is 0 Å². The summed E-state index contributed by atoms with van der Waals surface area (Å²) in [5.41, 5.74) is 2.22. The van der Waals surface area contributed by atoms with Crippen LogP contribution in [0, 0.1) is 0 Å². The summed E-state index contributed by atoms with van der Waals surface area (Å²) in [4.78, 5) is 41.5. The second kappa shape index (κ2) is 13.3. The lowest BCUT2D eigenvalue weighted by Gasteiger charge is -2.09. The van der Waals surface area contributed by atoms with Gasteiger partial charge in [-0.25, -0.2) is 4.98 Å². The highest BCUT2D eigenvalue weighted by molar-refractivity contribution is 8.01. The van der Waals surface area contributed by atoms with Gasteiger partial charge in [0.25, 0.3) is 0 Å². The number of carbonyl (C=O) groups is 3. The van der Waals surface area contributed by atoms with Crippen molar-refractivity contribution in [1.82, 2.24) is 10.3 Å². The topological polar surface area (TPSA) is 109 Å². The maximum absolute atomic E-state index is 12.4. The highest BCUT2D eigenvalue weighted by Crippen LogP contribution is 2.31. The van der Waals surface area contributed by atoms with E-state index in [9.17, 15) is 14.4 Å². The number of hydrogen-bond donors (Lipinski definition) is 3. The zero-order chi connectivity index (χ0) is 27.0. The molecule has 8 nitrogen and oxygen atoms in total. The van der Waals surface area contributed by atoms with E-state index in [0.29, 0.717) is 18.0 Å². The van der Waals surface area contributed by atoms with Gasteiger partial charge in [0.2, 0.25) is 17.7 Å². The number of thiazole rings is 1. The van der Waals surface area contributed by atoms with Gasteiger partial charge in [0.1, 0.15) is 0 Å². The molecule has 1 saturated heterocycles. The molecule has 0 saturated carbocycles. The van der Waals surface area contributed by atoms with Gasteiger partial charge in [-0.3, -0.25) is 14.4 Å². The van der Waals surface area contributed by atoms with Crippen LogP contribution in [0.15, 0.2) is 65.0 Å². The minimum atomic E-state index is -0.181. The first kappa shape index (κ1) is 27.4. The van der Waals surface area contributed by atoms with Crippen LogP contribution in [0.4, 0.5) is 11.4 Å². The molecule has 5 rings (SSSR count). The number of fused-ring (bicyclic) bond motifs is 2. The summed E-state index contributed by atoms with van der Waals surface area (Å²) in [5.74, 6) is 0.261. The summed E-state index contributed by atoms with van der Waals surface area (Å²) in [5, 5.41) is 10.9. The maximum Gasteiger partial charge on any atom is 0.234 e. The first-order valence-corrected chi connectivity index (χ1v) is 15.6. The SMILES string of the molecule is O=C(CSc1nc2ccc(NC(=O)CSCC(=O)Nc3ccc4ccccc4c3)cc2s1)NC[C@@H]1CCCO1. The summed E-state index contributed by atoms with van der Waals surface area (Å²) in [6.45, 7) is 1.32. The molecule has 0 bridgehead atoms. The zero-order valence-corrected chi connectivity index (χ0v) is 23.6. The number of rotatable bonds is 11. The monoisotopic (exact) mass is 580 g/mol. The quantitative estimate of drug-likeness (QED) is 0.211. The van der Waals surface area contributed by atoms with Crippen molar-refractivity contribution >= 4 is 84.9 Å². The van der Waals surface area contributed by atoms with E-state index in [2.05, 4.69) is 20.9 Å². The molecular weight excluding hydrogens is 553 g/mol. The van der Waals surface area contributed by atoms with Gasteiger partial charge in [-0.2, -0.15) is 0 Å². The largest absolute Gasteiger partial charge is 0.376 e. The Bertz CT molecular complexity index is 1490. The summed E-state index contributed by atoms with van der Waals surface area (Å²) in [6, 6.07) is 19.3. The van der Waals surface area contributed by atoms with E-state index in [1.165, 1.54) is 34.9 Å². The van der Waals surface area contributed by atoms with Crippen LogP contribution in [0.5, 0.6) is 0 Å². The van der Waals surface area contributed by atoms with Gasteiger partial charge in [0, 0.05) is 24.5 Å². The average Bonchev–Trinajstić information content (AvgIpc) is 3.60. The molecule has 3 aromatic carbocycles. The Morgan fingerprint density at radius 1 is 0.897 bits per heavy atom. The van der Waals surface area contributed by atoms with E-state index < -0.39 is 0 Å². The molecule has 1 fully saturated rings. The molecule has 3 amide bonds. The van der Waals surface area contributed by atoms with Crippen LogP contribution < -0.4 is 16.0 Å². The third-order valence-corrected chi connectivity index (χ3v) is 9.12. The zero-order valence-electron chi connectivity index (χ0n) is 21.1. The lowest BCUT2D eigenvalue weighted by atomic mass is 10.1. The maximum atomic E-state index is 12.4. The van der Waals surface area contributed by atoms with Gasteiger partial charge in [0.15, 0.2) is 4.34 Å². The van der Waals surface area contributed by atoms with Crippen molar-refractivity contribution in [3.63, 3.8) is 0 Å². The van der Waals surface area contributed by atoms with Gasteiger partial charge < -0.3 is 20.7 Å². The molecule has 39 heavy (non-hydrogen) atoms. The highest BCUT2D eigenvalue weighted by Gasteiger charge is 2.16. The molecule has 202 valence electrons. The fourth-order valence-corrected chi connectivity index (χ4v) is 6.71. The Labute approximate surface area is 238 Å². The predicted molar refractivity (Wildman–Crippen MR) is 161 cm³/mol. The van der Waals surface area contributed by atoms with Crippen molar-refractivity contribution in [2.24, 2.45) is 0 Å². The Balaban J connectivity index is 1.04. The van der Waals surface area contributed by atoms with Gasteiger partial charge >= 0.3 is 0 Å². The number of nitrogens with one attached hydrogen (secondary N) is 3. The molecule has 1 aliphatic heterocycles. The Kier molecular flexibility index (Phi) is 9.36. The lowest BCUT2D eigenvalue weighted by Crippen LogP contribution is -2.32. The first-order chi connectivity index (χ1) is 19.0. The van der Waals surface area contributed by atoms with Crippen LogP contribution >= 0.6 is 34.9 Å². The number of carbonyl (C=O) groups excluding carboxylic acids is 3. The van der Waals surface area contributed by atoms with E-state index in [-0.39, 0.29) is 35.3 Å². The van der Waals surface area contributed by atoms with Crippen LogP contribution in [0.25, 0.3) is 21.0 Å². The van der Waals surface area contributed by atoms with Crippen LogP contribution in [0.2, 0.25) is 0 Å². The lowest BCUT2D eigenvalue weighted by molar-refractivity contribution is -0.119. The molecule has 0 aliphatic carbocycles. The second-order valence-corrected chi connectivity index (χ2v) is 12.3. The van der Waals surface area contributed by atoms with Gasteiger partial charge in [-0.05, 0) is 53.9 Å². The van der Waals surface area contributed by atoms with Crippen LogP contribution in [-0.2, 0) is 19.1 Å². The van der Waals surface area contributed by atoms with Crippen molar-refractivity contribution in [1.29, 1.82) is 0 Å². The molecule has 1 atom stereocenters. The van der Waals surface area contributed by atoms with Gasteiger partial charge in [0.05, 0.1) is 33.6 Å². The van der Waals surface area contributed by atoms with E-state index in [0.717, 1.165) is 50.5 Å². The number of benzene rings is 3. The molecule has 1 aromatic heterocycles. The highest BCUT2D eigenvalue weighted by atomic mass is 32.2. The molecule has 0 radical (unpaired) electrons. The fraction of sp³-hybridized carbons (Fsp3) is 0.286. The van der Waals surface area contributed by atoms with E-state index in [1.807, 2.05) is 54.6 Å².